The average molecular weight is 369 g/mol. The monoisotopic (exact) mass is 369 g/mol. The minimum Gasteiger partial charge on any atom is -0.478 e. The van der Waals surface area contributed by atoms with Crippen molar-refractivity contribution in [1.82, 2.24) is 10.3 Å². The molecule has 1 aromatic carbocycles. The number of aromatic carboxylic acids is 1. The van der Waals surface area contributed by atoms with Crippen LogP contribution in [-0.4, -0.2) is 40.8 Å². The number of nitrogens with one attached hydrogen (secondary N) is 1. The third-order valence-corrected chi connectivity index (χ3v) is 4.80. The highest BCUT2D eigenvalue weighted by Crippen LogP contribution is 2.25. The first-order valence-electron chi connectivity index (χ1n) is 8.88. The zero-order valence-corrected chi connectivity index (χ0v) is 15.2. The maximum atomic E-state index is 12.1. The number of benzene rings is 1. The number of alkyl carbamates (subject to hydrolysis) is 1. The van der Waals surface area contributed by atoms with E-state index in [1.54, 1.807) is 12.1 Å². The van der Waals surface area contributed by atoms with E-state index in [-0.39, 0.29) is 17.7 Å². The second kappa shape index (κ2) is 8.07. The minimum atomic E-state index is -0.988. The van der Waals surface area contributed by atoms with E-state index in [1.165, 1.54) is 6.20 Å². The highest BCUT2D eigenvalue weighted by atomic mass is 16.5. The van der Waals surface area contributed by atoms with Gasteiger partial charge in [0.25, 0.3) is 0 Å². The van der Waals surface area contributed by atoms with Crippen LogP contribution in [0.3, 0.4) is 0 Å². The first-order valence-corrected chi connectivity index (χ1v) is 8.88. The normalized spacial score (nSPS) is 15.8. The maximum absolute atomic E-state index is 12.1. The van der Waals surface area contributed by atoms with Crippen molar-refractivity contribution in [3.05, 3.63) is 59.8 Å². The summed E-state index contributed by atoms with van der Waals surface area (Å²) in [5.74, 6) is -0.243. The van der Waals surface area contributed by atoms with Crippen molar-refractivity contribution in [3.8, 4) is 0 Å². The van der Waals surface area contributed by atoms with Crippen LogP contribution in [0.25, 0.3) is 0 Å². The Bertz CT molecular complexity index is 785. The number of rotatable bonds is 5. The predicted molar refractivity (Wildman–Crippen MR) is 101 cm³/mol. The zero-order chi connectivity index (χ0) is 19.3. The van der Waals surface area contributed by atoms with Gasteiger partial charge in [-0.2, -0.15) is 0 Å². The summed E-state index contributed by atoms with van der Waals surface area (Å²) in [6.07, 6.45) is 2.44. The zero-order valence-electron chi connectivity index (χ0n) is 15.2. The SMILES string of the molecule is CC1(NC(=O)OCc2ccccc2)CCN(c2ccc(C(=O)O)cn2)CC1. The number of carboxylic acid groups (broad SMARTS) is 1. The van der Waals surface area contributed by atoms with E-state index in [1.807, 2.05) is 37.3 Å². The van der Waals surface area contributed by atoms with Crippen LogP contribution in [0.4, 0.5) is 10.6 Å². The molecule has 0 bridgehead atoms. The molecule has 2 aromatic rings. The predicted octanol–water partition coefficient (Wildman–Crippen LogP) is 3.07. The Balaban J connectivity index is 1.49. The summed E-state index contributed by atoms with van der Waals surface area (Å²) in [6, 6.07) is 12.8. The molecule has 1 aliphatic heterocycles. The largest absolute Gasteiger partial charge is 0.478 e. The number of hydrogen-bond acceptors (Lipinski definition) is 5. The number of ether oxygens (including phenoxy) is 1. The van der Waals surface area contributed by atoms with Crippen LogP contribution >= 0.6 is 0 Å². The van der Waals surface area contributed by atoms with Crippen molar-refractivity contribution in [3.63, 3.8) is 0 Å². The number of amides is 1. The molecule has 7 heteroatoms. The van der Waals surface area contributed by atoms with Crippen molar-refractivity contribution >= 4 is 17.9 Å². The molecule has 0 atom stereocenters. The van der Waals surface area contributed by atoms with Crippen molar-refractivity contribution in [2.24, 2.45) is 0 Å². The molecular weight excluding hydrogens is 346 g/mol. The highest BCUT2D eigenvalue weighted by Gasteiger charge is 2.32. The fourth-order valence-electron chi connectivity index (χ4n) is 3.06. The smallest absolute Gasteiger partial charge is 0.407 e. The van der Waals surface area contributed by atoms with Crippen LogP contribution in [0.15, 0.2) is 48.7 Å². The molecule has 1 aromatic heterocycles. The van der Waals surface area contributed by atoms with Gasteiger partial charge >= 0.3 is 12.1 Å². The molecule has 1 aliphatic rings. The van der Waals surface area contributed by atoms with Crippen LogP contribution in [0.1, 0.15) is 35.7 Å². The molecule has 2 heterocycles. The minimum absolute atomic E-state index is 0.170. The van der Waals surface area contributed by atoms with E-state index in [0.29, 0.717) is 0 Å². The van der Waals surface area contributed by atoms with Gasteiger partial charge in [-0.3, -0.25) is 0 Å². The lowest BCUT2D eigenvalue weighted by molar-refractivity contribution is 0.0696. The van der Waals surface area contributed by atoms with Crippen LogP contribution in [0, 0.1) is 0 Å². The molecule has 0 unspecified atom stereocenters. The van der Waals surface area contributed by atoms with Gasteiger partial charge in [-0.1, -0.05) is 30.3 Å². The first-order chi connectivity index (χ1) is 13.0. The lowest BCUT2D eigenvalue weighted by Gasteiger charge is -2.40. The van der Waals surface area contributed by atoms with Gasteiger partial charge in [0, 0.05) is 24.8 Å². The van der Waals surface area contributed by atoms with Crippen molar-refractivity contribution in [2.45, 2.75) is 31.9 Å². The van der Waals surface area contributed by atoms with E-state index in [4.69, 9.17) is 9.84 Å². The molecule has 3 rings (SSSR count). The summed E-state index contributed by atoms with van der Waals surface area (Å²) in [6.45, 7) is 3.69. The third kappa shape index (κ3) is 4.97. The topological polar surface area (TPSA) is 91.8 Å². The highest BCUT2D eigenvalue weighted by molar-refractivity contribution is 5.87. The average Bonchev–Trinajstić information content (AvgIpc) is 2.68. The Kier molecular flexibility index (Phi) is 5.59. The Morgan fingerprint density at radius 3 is 2.48 bits per heavy atom. The van der Waals surface area contributed by atoms with Gasteiger partial charge in [0.15, 0.2) is 0 Å². The number of carboxylic acids is 1. The van der Waals surface area contributed by atoms with Crippen molar-refractivity contribution in [2.75, 3.05) is 18.0 Å². The van der Waals surface area contributed by atoms with E-state index >= 15 is 0 Å². The van der Waals surface area contributed by atoms with Gasteiger partial charge in [0.1, 0.15) is 12.4 Å². The molecule has 1 saturated heterocycles. The van der Waals surface area contributed by atoms with Gasteiger partial charge in [0.2, 0.25) is 0 Å². The number of nitrogens with zero attached hydrogens (tertiary/aromatic N) is 2. The number of carbonyl (C=O) groups excluding carboxylic acids is 1. The fourth-order valence-corrected chi connectivity index (χ4v) is 3.06. The molecule has 0 aliphatic carbocycles. The number of hydrogen-bond donors (Lipinski definition) is 2. The molecule has 1 fully saturated rings. The van der Waals surface area contributed by atoms with E-state index in [0.717, 1.165) is 37.3 Å². The molecule has 2 N–H and O–H groups in total. The molecule has 0 radical (unpaired) electrons. The summed E-state index contributed by atoms with van der Waals surface area (Å²) < 4.78 is 5.31. The second-order valence-electron chi connectivity index (χ2n) is 6.94. The summed E-state index contributed by atoms with van der Waals surface area (Å²) in [5.41, 5.74) is 0.776. The third-order valence-electron chi connectivity index (χ3n) is 4.80. The van der Waals surface area contributed by atoms with E-state index < -0.39 is 12.1 Å². The summed E-state index contributed by atoms with van der Waals surface area (Å²) in [7, 11) is 0. The van der Waals surface area contributed by atoms with Crippen LogP contribution < -0.4 is 10.2 Å². The molecule has 142 valence electrons. The van der Waals surface area contributed by atoms with E-state index in [9.17, 15) is 9.59 Å². The lowest BCUT2D eigenvalue weighted by Crippen LogP contribution is -2.53. The van der Waals surface area contributed by atoms with Gasteiger partial charge < -0.3 is 20.1 Å². The molecule has 27 heavy (non-hydrogen) atoms. The Labute approximate surface area is 158 Å². The Hall–Kier alpha value is -3.09. The number of piperidine rings is 1. The second-order valence-corrected chi connectivity index (χ2v) is 6.94. The Morgan fingerprint density at radius 2 is 1.89 bits per heavy atom. The van der Waals surface area contributed by atoms with Crippen LogP contribution in [0.2, 0.25) is 0 Å². The quantitative estimate of drug-likeness (QED) is 0.842. The number of aromatic nitrogens is 1. The summed E-state index contributed by atoms with van der Waals surface area (Å²) >= 11 is 0. The number of anilines is 1. The molecular formula is C20H23N3O4. The summed E-state index contributed by atoms with van der Waals surface area (Å²) in [5, 5.41) is 11.9. The van der Waals surface area contributed by atoms with Gasteiger partial charge in [-0.25, -0.2) is 14.6 Å². The van der Waals surface area contributed by atoms with Gasteiger partial charge in [-0.05, 0) is 37.5 Å². The molecule has 0 spiro atoms. The number of pyridine rings is 1. The van der Waals surface area contributed by atoms with Crippen molar-refractivity contribution < 1.29 is 19.4 Å². The van der Waals surface area contributed by atoms with Gasteiger partial charge in [0.05, 0.1) is 5.56 Å². The van der Waals surface area contributed by atoms with Crippen LogP contribution in [-0.2, 0) is 11.3 Å². The first kappa shape index (κ1) is 18.7. The van der Waals surface area contributed by atoms with Crippen LogP contribution in [0.5, 0.6) is 0 Å². The standard InChI is InChI=1S/C20H23N3O4/c1-20(22-19(26)27-14-15-5-3-2-4-6-15)9-11-23(12-10-20)17-8-7-16(13-21-17)18(24)25/h2-8,13H,9-12,14H2,1H3,(H,22,26)(H,24,25). The maximum Gasteiger partial charge on any atom is 0.407 e. The molecule has 7 nitrogen and oxygen atoms in total. The Morgan fingerprint density at radius 1 is 1.19 bits per heavy atom. The summed E-state index contributed by atoms with van der Waals surface area (Å²) in [4.78, 5) is 29.4. The molecule has 1 amide bonds. The van der Waals surface area contributed by atoms with Gasteiger partial charge in [-0.15, -0.1) is 0 Å². The van der Waals surface area contributed by atoms with Crippen molar-refractivity contribution in [1.29, 1.82) is 0 Å². The lowest BCUT2D eigenvalue weighted by atomic mass is 9.90. The molecule has 0 saturated carbocycles. The fraction of sp³-hybridized carbons (Fsp3) is 0.350. The van der Waals surface area contributed by atoms with E-state index in [2.05, 4.69) is 15.2 Å². The number of carbonyl (C=O) groups is 2.